The van der Waals surface area contributed by atoms with Crippen LogP contribution in [-0.4, -0.2) is 29.4 Å². The minimum Gasteiger partial charge on any atom is -0.264 e. The summed E-state index contributed by atoms with van der Waals surface area (Å²) in [5.41, 5.74) is 3.04. The van der Waals surface area contributed by atoms with E-state index in [0.29, 0.717) is 27.2 Å². The van der Waals surface area contributed by atoms with Crippen LogP contribution in [-0.2, 0) is 0 Å². The summed E-state index contributed by atoms with van der Waals surface area (Å²) in [6.45, 7) is 0. The quantitative estimate of drug-likeness (QED) is 0.454. The molecule has 0 N–H and O–H groups in total. The van der Waals surface area contributed by atoms with E-state index in [9.17, 15) is 0 Å². The zero-order chi connectivity index (χ0) is 17.7. The Kier molecular flexibility index (Phi) is 3.41. The Bertz CT molecular complexity index is 1260. The molecule has 3 aromatic heterocycles. The van der Waals surface area contributed by atoms with Crippen LogP contribution in [0, 0.1) is 0 Å². The average Bonchev–Trinajstić information content (AvgIpc) is 3.26. The first kappa shape index (κ1) is 15.3. The van der Waals surface area contributed by atoms with Crippen molar-refractivity contribution < 1.29 is 0 Å². The first-order chi connectivity index (χ1) is 12.7. The van der Waals surface area contributed by atoms with Gasteiger partial charge in [0.2, 0.25) is 0 Å². The van der Waals surface area contributed by atoms with Crippen LogP contribution in [0.1, 0.15) is 0 Å². The van der Waals surface area contributed by atoms with Crippen molar-refractivity contribution in [1.29, 1.82) is 0 Å². The molecule has 5 rings (SSSR count). The third-order valence-electron chi connectivity index (χ3n) is 4.15. The molecule has 3 heterocycles. The summed E-state index contributed by atoms with van der Waals surface area (Å²) in [5.74, 6) is 0.600. The molecule has 126 valence electrons. The zero-order valence-corrected chi connectivity index (χ0v) is 14.7. The second kappa shape index (κ2) is 5.79. The topological polar surface area (TPSA) is 60.9 Å². The molecule has 0 bridgehead atoms. The van der Waals surface area contributed by atoms with Crippen molar-refractivity contribution in [2.24, 2.45) is 0 Å². The van der Waals surface area contributed by atoms with Gasteiger partial charge in [-0.15, -0.1) is 10.2 Å². The zero-order valence-electron chi connectivity index (χ0n) is 13.2. The predicted molar refractivity (Wildman–Crippen MR) is 101 cm³/mol. The lowest BCUT2D eigenvalue weighted by atomic mass is 10.2. The molecule has 0 fully saturated rings. The molecule has 0 aliphatic heterocycles. The van der Waals surface area contributed by atoms with E-state index in [1.807, 2.05) is 36.4 Å². The van der Waals surface area contributed by atoms with Gasteiger partial charge in [-0.3, -0.25) is 4.40 Å². The van der Waals surface area contributed by atoms with Gasteiger partial charge in [0.1, 0.15) is 6.33 Å². The van der Waals surface area contributed by atoms with Gasteiger partial charge in [0.25, 0.3) is 0 Å². The smallest absolute Gasteiger partial charge is 0.175 e. The molecule has 0 radical (unpaired) electrons. The number of rotatable bonds is 2. The lowest BCUT2D eigenvalue weighted by Gasteiger charge is -2.04. The average molecular weight is 381 g/mol. The second-order valence-corrected chi connectivity index (χ2v) is 6.56. The number of aromatic nitrogens is 6. The van der Waals surface area contributed by atoms with Gasteiger partial charge in [0.15, 0.2) is 17.1 Å². The van der Waals surface area contributed by atoms with Crippen LogP contribution >= 0.6 is 23.2 Å². The molecule has 0 saturated carbocycles. The molecule has 5 aromatic rings. The van der Waals surface area contributed by atoms with Crippen LogP contribution in [0.25, 0.3) is 33.8 Å². The number of hydrogen-bond donors (Lipinski definition) is 0. The number of halogens is 2. The fourth-order valence-electron chi connectivity index (χ4n) is 2.93. The maximum absolute atomic E-state index is 6.32. The Morgan fingerprint density at radius 3 is 2.54 bits per heavy atom. The van der Waals surface area contributed by atoms with Crippen LogP contribution < -0.4 is 0 Å². The molecule has 0 aliphatic carbocycles. The SMILES string of the molecule is Clc1ccc(-c2nnc3c4cnn(-c5ccccc5)c4ncn23)c(Cl)c1. The van der Waals surface area contributed by atoms with E-state index < -0.39 is 0 Å². The molecule has 0 amide bonds. The number of para-hydroxylation sites is 1. The van der Waals surface area contributed by atoms with E-state index in [0.717, 1.165) is 16.6 Å². The number of nitrogens with zero attached hydrogens (tertiary/aromatic N) is 6. The highest BCUT2D eigenvalue weighted by Gasteiger charge is 2.16. The van der Waals surface area contributed by atoms with Crippen molar-refractivity contribution in [3.05, 3.63) is 71.1 Å². The summed E-state index contributed by atoms with van der Waals surface area (Å²) in [4.78, 5) is 4.57. The molecule has 0 atom stereocenters. The van der Waals surface area contributed by atoms with E-state index >= 15 is 0 Å². The monoisotopic (exact) mass is 380 g/mol. The summed E-state index contributed by atoms with van der Waals surface area (Å²) in [5, 5.41) is 15.0. The third kappa shape index (κ3) is 2.27. The molecule has 0 spiro atoms. The fourth-order valence-corrected chi connectivity index (χ4v) is 3.43. The lowest BCUT2D eigenvalue weighted by molar-refractivity contribution is 0.893. The van der Waals surface area contributed by atoms with Crippen molar-refractivity contribution in [2.75, 3.05) is 0 Å². The molecule has 8 heteroatoms. The maximum Gasteiger partial charge on any atom is 0.175 e. The van der Waals surface area contributed by atoms with Crippen LogP contribution in [0.15, 0.2) is 61.1 Å². The second-order valence-electron chi connectivity index (χ2n) is 5.72. The van der Waals surface area contributed by atoms with Crippen molar-refractivity contribution in [3.8, 4) is 17.1 Å². The normalized spacial score (nSPS) is 11.5. The molecular formula is C18H10Cl2N6. The highest BCUT2D eigenvalue weighted by atomic mass is 35.5. The maximum atomic E-state index is 6.32. The Morgan fingerprint density at radius 2 is 1.73 bits per heavy atom. The molecule has 0 saturated heterocycles. The fraction of sp³-hybridized carbons (Fsp3) is 0. The van der Waals surface area contributed by atoms with Crippen molar-refractivity contribution in [1.82, 2.24) is 29.4 Å². The number of fused-ring (bicyclic) bond motifs is 3. The van der Waals surface area contributed by atoms with Crippen LogP contribution in [0.5, 0.6) is 0 Å². The first-order valence-corrected chi connectivity index (χ1v) is 8.56. The van der Waals surface area contributed by atoms with Gasteiger partial charge in [-0.05, 0) is 30.3 Å². The van der Waals surface area contributed by atoms with Crippen molar-refractivity contribution >= 4 is 39.9 Å². The molecule has 6 nitrogen and oxygen atoms in total. The number of hydrogen-bond acceptors (Lipinski definition) is 4. The van der Waals surface area contributed by atoms with Crippen molar-refractivity contribution in [2.45, 2.75) is 0 Å². The Hall–Kier alpha value is -2.96. The minimum atomic E-state index is 0.506. The number of benzene rings is 2. The van der Waals surface area contributed by atoms with E-state index in [-0.39, 0.29) is 0 Å². The van der Waals surface area contributed by atoms with Crippen LogP contribution in [0.3, 0.4) is 0 Å². The summed E-state index contributed by atoms with van der Waals surface area (Å²) >= 11 is 12.3. The molecule has 26 heavy (non-hydrogen) atoms. The van der Waals surface area contributed by atoms with Gasteiger partial charge in [-0.1, -0.05) is 41.4 Å². The van der Waals surface area contributed by atoms with Crippen LogP contribution in [0.2, 0.25) is 10.0 Å². The summed E-state index contributed by atoms with van der Waals surface area (Å²) in [7, 11) is 0. The Balaban J connectivity index is 1.74. The van der Waals surface area contributed by atoms with Gasteiger partial charge in [0, 0.05) is 10.6 Å². The molecule has 0 unspecified atom stereocenters. The van der Waals surface area contributed by atoms with E-state index in [2.05, 4.69) is 20.3 Å². The molecule has 2 aromatic carbocycles. The van der Waals surface area contributed by atoms with E-state index in [4.69, 9.17) is 23.2 Å². The Labute approximate surface area is 157 Å². The largest absolute Gasteiger partial charge is 0.264 e. The molecular weight excluding hydrogens is 371 g/mol. The van der Waals surface area contributed by atoms with Gasteiger partial charge in [-0.2, -0.15) is 5.10 Å². The van der Waals surface area contributed by atoms with E-state index in [1.54, 1.807) is 33.7 Å². The Morgan fingerprint density at radius 1 is 0.885 bits per heavy atom. The lowest BCUT2D eigenvalue weighted by Crippen LogP contribution is -1.98. The minimum absolute atomic E-state index is 0.506. The standard InChI is InChI=1S/C18H10Cl2N6/c19-11-6-7-13(15(20)8-11)17-23-24-18-14-9-22-26(12-4-2-1-3-5-12)16(14)21-10-25(17)18/h1-10H. The van der Waals surface area contributed by atoms with Gasteiger partial charge < -0.3 is 0 Å². The highest BCUT2D eigenvalue weighted by molar-refractivity contribution is 6.36. The van der Waals surface area contributed by atoms with Gasteiger partial charge in [0.05, 0.1) is 22.3 Å². The van der Waals surface area contributed by atoms with Crippen LogP contribution in [0.4, 0.5) is 0 Å². The van der Waals surface area contributed by atoms with Gasteiger partial charge >= 0.3 is 0 Å². The summed E-state index contributed by atoms with van der Waals surface area (Å²) in [6, 6.07) is 15.1. The predicted octanol–water partition coefficient (Wildman–Crippen LogP) is 4.44. The summed E-state index contributed by atoms with van der Waals surface area (Å²) in [6.07, 6.45) is 3.42. The van der Waals surface area contributed by atoms with E-state index in [1.165, 1.54) is 0 Å². The summed E-state index contributed by atoms with van der Waals surface area (Å²) < 4.78 is 3.58. The molecule has 0 aliphatic rings. The first-order valence-electron chi connectivity index (χ1n) is 7.81. The van der Waals surface area contributed by atoms with Gasteiger partial charge in [-0.25, -0.2) is 9.67 Å². The van der Waals surface area contributed by atoms with Crippen molar-refractivity contribution in [3.63, 3.8) is 0 Å². The third-order valence-corrected chi connectivity index (χ3v) is 4.70. The highest BCUT2D eigenvalue weighted by Crippen LogP contribution is 2.30.